The van der Waals surface area contributed by atoms with Crippen molar-refractivity contribution < 1.29 is 14.7 Å². The molecule has 0 spiro atoms. The molecule has 2 aromatic heterocycles. The third kappa shape index (κ3) is 2.21. The topological polar surface area (TPSA) is 120 Å². The standard InChI is InChI=1S/C11H16N6O3/c1-13-9-8-10(16-11(12)15-9)17(5-14-8)20-7-3-2-6(4-18)19-7/h5-7,18H,2-4H2,1H3,(H3,12,13,15,16)/t6-,7+/m0/s1. The van der Waals surface area contributed by atoms with Crippen LogP contribution in [0.3, 0.4) is 0 Å². The van der Waals surface area contributed by atoms with Gasteiger partial charge in [0.15, 0.2) is 11.3 Å². The van der Waals surface area contributed by atoms with Crippen molar-refractivity contribution in [1.29, 1.82) is 0 Å². The zero-order chi connectivity index (χ0) is 14.1. The van der Waals surface area contributed by atoms with Gasteiger partial charge in [-0.3, -0.25) is 0 Å². The molecule has 3 heterocycles. The van der Waals surface area contributed by atoms with Gasteiger partial charge in [-0.2, -0.15) is 9.97 Å². The maximum Gasteiger partial charge on any atom is 0.225 e. The molecule has 3 rings (SSSR count). The van der Waals surface area contributed by atoms with Gasteiger partial charge in [0.05, 0.1) is 12.7 Å². The van der Waals surface area contributed by atoms with E-state index in [0.717, 1.165) is 6.42 Å². The van der Waals surface area contributed by atoms with E-state index in [9.17, 15) is 0 Å². The molecule has 20 heavy (non-hydrogen) atoms. The summed E-state index contributed by atoms with van der Waals surface area (Å²) in [5.41, 5.74) is 6.70. The van der Waals surface area contributed by atoms with Crippen LogP contribution in [-0.4, -0.2) is 50.8 Å². The molecule has 0 saturated carbocycles. The van der Waals surface area contributed by atoms with Crippen LogP contribution in [-0.2, 0) is 4.74 Å². The number of aromatic nitrogens is 4. The summed E-state index contributed by atoms with van der Waals surface area (Å²) in [6.07, 6.45) is 2.34. The van der Waals surface area contributed by atoms with E-state index in [0.29, 0.717) is 23.4 Å². The number of aliphatic hydroxyl groups is 1. The Balaban J connectivity index is 1.87. The van der Waals surface area contributed by atoms with Gasteiger partial charge in [-0.15, -0.1) is 4.73 Å². The fourth-order valence-electron chi connectivity index (χ4n) is 2.16. The van der Waals surface area contributed by atoms with Crippen molar-refractivity contribution in [3.05, 3.63) is 6.33 Å². The molecule has 0 radical (unpaired) electrons. The first-order chi connectivity index (χ1) is 9.71. The first kappa shape index (κ1) is 12.9. The summed E-state index contributed by atoms with van der Waals surface area (Å²) in [6.45, 7) is -0.0104. The SMILES string of the molecule is CNc1nc(N)nc2c1ncn2O[C@@H]1CC[C@@H](CO)O1. The molecule has 2 aromatic rings. The molecule has 0 amide bonds. The van der Waals surface area contributed by atoms with Gasteiger partial charge in [0.25, 0.3) is 0 Å². The Labute approximate surface area is 114 Å². The Morgan fingerprint density at radius 1 is 1.55 bits per heavy atom. The number of rotatable bonds is 4. The number of anilines is 2. The summed E-state index contributed by atoms with van der Waals surface area (Å²) < 4.78 is 6.92. The van der Waals surface area contributed by atoms with Gasteiger partial charge in [0.2, 0.25) is 17.9 Å². The third-order valence-corrected chi connectivity index (χ3v) is 3.12. The summed E-state index contributed by atoms with van der Waals surface area (Å²) in [4.78, 5) is 18.0. The number of fused-ring (bicyclic) bond motifs is 1. The number of hydrogen-bond acceptors (Lipinski definition) is 8. The zero-order valence-corrected chi connectivity index (χ0v) is 11.0. The Bertz CT molecular complexity index is 615. The predicted octanol–water partition coefficient (Wildman–Crippen LogP) is -0.624. The number of nitrogens with zero attached hydrogens (tertiary/aromatic N) is 4. The molecule has 2 atom stereocenters. The summed E-state index contributed by atoms with van der Waals surface area (Å²) in [5, 5.41) is 11.9. The molecular formula is C11H16N6O3. The first-order valence-corrected chi connectivity index (χ1v) is 6.33. The van der Waals surface area contributed by atoms with Gasteiger partial charge in [-0.25, -0.2) is 4.98 Å². The van der Waals surface area contributed by atoms with Crippen molar-refractivity contribution in [2.24, 2.45) is 0 Å². The van der Waals surface area contributed by atoms with Crippen LogP contribution < -0.4 is 15.9 Å². The number of hydrogen-bond donors (Lipinski definition) is 3. The number of nitrogens with one attached hydrogen (secondary N) is 1. The lowest BCUT2D eigenvalue weighted by atomic mass is 10.2. The highest BCUT2D eigenvalue weighted by atomic mass is 16.8. The predicted molar refractivity (Wildman–Crippen MR) is 70.8 cm³/mol. The Kier molecular flexibility index (Phi) is 3.28. The van der Waals surface area contributed by atoms with E-state index in [4.69, 9.17) is 20.4 Å². The lowest BCUT2D eigenvalue weighted by molar-refractivity contribution is -0.140. The van der Waals surface area contributed by atoms with Crippen molar-refractivity contribution in [2.45, 2.75) is 25.2 Å². The van der Waals surface area contributed by atoms with E-state index >= 15 is 0 Å². The van der Waals surface area contributed by atoms with Crippen molar-refractivity contribution in [3.63, 3.8) is 0 Å². The molecule has 1 aliphatic rings. The molecule has 108 valence electrons. The maximum absolute atomic E-state index is 9.04. The molecular weight excluding hydrogens is 264 g/mol. The van der Waals surface area contributed by atoms with Gasteiger partial charge in [0.1, 0.15) is 6.33 Å². The highest BCUT2D eigenvalue weighted by Crippen LogP contribution is 2.22. The van der Waals surface area contributed by atoms with Gasteiger partial charge in [-0.1, -0.05) is 0 Å². The van der Waals surface area contributed by atoms with Crippen molar-refractivity contribution in [1.82, 2.24) is 19.7 Å². The van der Waals surface area contributed by atoms with Crippen LogP contribution in [0, 0.1) is 0 Å². The summed E-state index contributed by atoms with van der Waals surface area (Å²) >= 11 is 0. The molecule has 1 saturated heterocycles. The Morgan fingerprint density at radius 2 is 2.40 bits per heavy atom. The highest BCUT2D eigenvalue weighted by Gasteiger charge is 2.27. The monoisotopic (exact) mass is 280 g/mol. The van der Waals surface area contributed by atoms with Crippen molar-refractivity contribution in [2.75, 3.05) is 24.7 Å². The summed E-state index contributed by atoms with van der Waals surface area (Å²) in [6, 6.07) is 0. The highest BCUT2D eigenvalue weighted by molar-refractivity contribution is 5.83. The smallest absolute Gasteiger partial charge is 0.225 e. The van der Waals surface area contributed by atoms with E-state index < -0.39 is 6.29 Å². The van der Waals surface area contributed by atoms with E-state index in [2.05, 4.69) is 20.3 Å². The van der Waals surface area contributed by atoms with Crippen LogP contribution in [0.2, 0.25) is 0 Å². The quantitative estimate of drug-likeness (QED) is 0.677. The van der Waals surface area contributed by atoms with E-state index in [1.54, 1.807) is 7.05 Å². The number of nitrogen functional groups attached to an aromatic ring is 1. The normalized spacial score (nSPS) is 22.3. The lowest BCUT2D eigenvalue weighted by Gasteiger charge is -2.14. The van der Waals surface area contributed by atoms with Gasteiger partial charge >= 0.3 is 0 Å². The van der Waals surface area contributed by atoms with E-state index in [1.807, 2.05) is 0 Å². The molecule has 0 bridgehead atoms. The van der Waals surface area contributed by atoms with E-state index in [1.165, 1.54) is 11.1 Å². The van der Waals surface area contributed by atoms with E-state index in [-0.39, 0.29) is 18.7 Å². The Hall–Kier alpha value is -2.13. The third-order valence-electron chi connectivity index (χ3n) is 3.12. The minimum atomic E-state index is -0.432. The molecule has 1 aliphatic heterocycles. The first-order valence-electron chi connectivity index (χ1n) is 6.33. The fourth-order valence-corrected chi connectivity index (χ4v) is 2.16. The molecule has 1 fully saturated rings. The molecule has 9 heteroatoms. The molecule has 9 nitrogen and oxygen atoms in total. The summed E-state index contributed by atoms with van der Waals surface area (Å²) in [5.74, 6) is 0.670. The van der Waals surface area contributed by atoms with Crippen LogP contribution in [0.4, 0.5) is 11.8 Å². The van der Waals surface area contributed by atoms with Crippen molar-refractivity contribution in [3.8, 4) is 0 Å². The summed E-state index contributed by atoms with van der Waals surface area (Å²) in [7, 11) is 1.73. The van der Waals surface area contributed by atoms with Crippen LogP contribution in [0.15, 0.2) is 6.33 Å². The van der Waals surface area contributed by atoms with Gasteiger partial charge < -0.3 is 25.7 Å². The van der Waals surface area contributed by atoms with Crippen LogP contribution in [0.25, 0.3) is 11.2 Å². The molecule has 0 unspecified atom stereocenters. The van der Waals surface area contributed by atoms with Crippen LogP contribution in [0.5, 0.6) is 0 Å². The average molecular weight is 280 g/mol. The number of ether oxygens (including phenoxy) is 1. The van der Waals surface area contributed by atoms with Gasteiger partial charge in [0, 0.05) is 13.5 Å². The number of imidazole rings is 1. The molecule has 0 aliphatic carbocycles. The fraction of sp³-hybridized carbons (Fsp3) is 0.545. The zero-order valence-electron chi connectivity index (χ0n) is 11.0. The van der Waals surface area contributed by atoms with Crippen LogP contribution >= 0.6 is 0 Å². The van der Waals surface area contributed by atoms with Gasteiger partial charge in [-0.05, 0) is 6.42 Å². The second kappa shape index (κ2) is 5.10. The second-order valence-electron chi connectivity index (χ2n) is 4.48. The Morgan fingerprint density at radius 3 is 3.10 bits per heavy atom. The largest absolute Gasteiger partial charge is 0.394 e. The van der Waals surface area contributed by atoms with Crippen molar-refractivity contribution >= 4 is 22.9 Å². The minimum Gasteiger partial charge on any atom is -0.394 e. The van der Waals surface area contributed by atoms with Crippen LogP contribution in [0.1, 0.15) is 12.8 Å². The second-order valence-corrected chi connectivity index (χ2v) is 4.48. The number of aliphatic hydroxyl groups excluding tert-OH is 1. The number of nitrogens with two attached hydrogens (primary N) is 1. The molecule has 4 N–H and O–H groups in total. The lowest BCUT2D eigenvalue weighted by Crippen LogP contribution is -2.26. The minimum absolute atomic E-state index is 0.0104. The maximum atomic E-state index is 9.04. The molecule has 0 aromatic carbocycles. The average Bonchev–Trinajstić information content (AvgIpc) is 3.06.